The predicted molar refractivity (Wildman–Crippen MR) is 75.1 cm³/mol. The number of rotatable bonds is 2. The molecule has 0 fully saturated rings. The lowest BCUT2D eigenvalue weighted by molar-refractivity contribution is 0.847. The van der Waals surface area contributed by atoms with Crippen LogP contribution in [0, 0.1) is 0 Å². The van der Waals surface area contributed by atoms with Gasteiger partial charge in [-0.15, -0.1) is 5.10 Å². The molecular weight excluding hydrogens is 244 g/mol. The highest BCUT2D eigenvalue weighted by Crippen LogP contribution is 2.24. The van der Waals surface area contributed by atoms with E-state index in [1.807, 2.05) is 30.5 Å². The zero-order valence-corrected chi connectivity index (χ0v) is 10.7. The number of thioether (sulfide) groups is 1. The van der Waals surface area contributed by atoms with Gasteiger partial charge in [0.1, 0.15) is 0 Å². The number of fused-ring (bicyclic) bond motifs is 1. The maximum Gasteiger partial charge on any atom is 0.224 e. The quantitative estimate of drug-likeness (QED) is 0.716. The minimum Gasteiger partial charge on any atom is -0.368 e. The van der Waals surface area contributed by atoms with E-state index in [-0.39, 0.29) is 0 Å². The topological polar surface area (TPSA) is 56.7 Å². The SMILES string of the molecule is CSc1nc(N)n(-c2cccc3ccccc23)n1. The molecule has 1 heterocycles. The Balaban J connectivity index is 2.27. The molecule has 5 heteroatoms. The summed E-state index contributed by atoms with van der Waals surface area (Å²) in [5.41, 5.74) is 6.87. The third kappa shape index (κ3) is 1.73. The second-order valence-corrected chi connectivity index (χ2v) is 4.64. The van der Waals surface area contributed by atoms with Gasteiger partial charge in [0.25, 0.3) is 0 Å². The van der Waals surface area contributed by atoms with Crippen molar-refractivity contribution in [2.45, 2.75) is 5.16 Å². The van der Waals surface area contributed by atoms with Crippen LogP contribution in [0.3, 0.4) is 0 Å². The molecular formula is C13H12N4S. The minimum absolute atomic E-state index is 0.413. The van der Waals surface area contributed by atoms with Crippen LogP contribution in [-0.4, -0.2) is 21.0 Å². The zero-order chi connectivity index (χ0) is 12.5. The molecule has 0 aliphatic heterocycles. The van der Waals surface area contributed by atoms with Gasteiger partial charge in [0.15, 0.2) is 0 Å². The molecule has 2 N–H and O–H groups in total. The predicted octanol–water partition coefficient (Wildman–Crippen LogP) is 2.72. The van der Waals surface area contributed by atoms with Gasteiger partial charge in [0.05, 0.1) is 5.69 Å². The van der Waals surface area contributed by atoms with Crippen LogP contribution >= 0.6 is 11.8 Å². The Morgan fingerprint density at radius 3 is 2.67 bits per heavy atom. The number of hydrogen-bond donors (Lipinski definition) is 1. The van der Waals surface area contributed by atoms with Crippen LogP contribution in [0.25, 0.3) is 16.5 Å². The van der Waals surface area contributed by atoms with Crippen LogP contribution < -0.4 is 5.73 Å². The van der Waals surface area contributed by atoms with Crippen molar-refractivity contribution in [3.05, 3.63) is 42.5 Å². The second kappa shape index (κ2) is 4.34. The summed E-state index contributed by atoms with van der Waals surface area (Å²) in [5.74, 6) is 0.413. The Labute approximate surface area is 109 Å². The summed E-state index contributed by atoms with van der Waals surface area (Å²) in [6.45, 7) is 0. The lowest BCUT2D eigenvalue weighted by Crippen LogP contribution is -2.02. The second-order valence-electron chi connectivity index (χ2n) is 3.87. The Hall–Kier alpha value is -2.01. The van der Waals surface area contributed by atoms with E-state index in [1.165, 1.54) is 11.8 Å². The lowest BCUT2D eigenvalue weighted by Gasteiger charge is -2.06. The molecule has 0 spiro atoms. The third-order valence-corrected chi connectivity index (χ3v) is 3.33. The Kier molecular flexibility index (Phi) is 2.68. The number of nitrogens with zero attached hydrogens (tertiary/aromatic N) is 3. The van der Waals surface area contributed by atoms with Crippen LogP contribution in [-0.2, 0) is 0 Å². The maximum absolute atomic E-state index is 5.92. The smallest absolute Gasteiger partial charge is 0.224 e. The van der Waals surface area contributed by atoms with Crippen molar-refractivity contribution in [2.75, 3.05) is 12.0 Å². The molecule has 0 radical (unpaired) electrons. The maximum atomic E-state index is 5.92. The van der Waals surface area contributed by atoms with Gasteiger partial charge < -0.3 is 5.73 Å². The third-order valence-electron chi connectivity index (χ3n) is 2.79. The number of aromatic nitrogens is 3. The van der Waals surface area contributed by atoms with Crippen molar-refractivity contribution in [3.63, 3.8) is 0 Å². The van der Waals surface area contributed by atoms with Crippen molar-refractivity contribution in [1.29, 1.82) is 0 Å². The molecule has 3 rings (SSSR count). The fourth-order valence-electron chi connectivity index (χ4n) is 1.96. The molecule has 0 amide bonds. The summed E-state index contributed by atoms with van der Waals surface area (Å²) < 4.78 is 1.69. The lowest BCUT2D eigenvalue weighted by atomic mass is 10.1. The summed E-state index contributed by atoms with van der Waals surface area (Å²) in [7, 11) is 0. The average molecular weight is 256 g/mol. The van der Waals surface area contributed by atoms with Crippen molar-refractivity contribution in [3.8, 4) is 5.69 Å². The monoisotopic (exact) mass is 256 g/mol. The highest BCUT2D eigenvalue weighted by molar-refractivity contribution is 7.98. The van der Waals surface area contributed by atoms with Crippen LogP contribution in [0.5, 0.6) is 0 Å². The van der Waals surface area contributed by atoms with Gasteiger partial charge in [0, 0.05) is 5.39 Å². The van der Waals surface area contributed by atoms with Gasteiger partial charge in [-0.05, 0) is 17.7 Å². The first-order valence-corrected chi connectivity index (χ1v) is 6.77. The van der Waals surface area contributed by atoms with E-state index < -0.39 is 0 Å². The van der Waals surface area contributed by atoms with E-state index in [0.717, 1.165) is 16.5 Å². The molecule has 0 unspecified atom stereocenters. The van der Waals surface area contributed by atoms with Gasteiger partial charge in [-0.25, -0.2) is 0 Å². The standard InChI is InChI=1S/C13H12N4S/c1-18-13-15-12(14)17(16-13)11-8-4-6-9-5-2-3-7-10(9)11/h2-8H,1H3,(H2,14,15,16). The molecule has 0 saturated heterocycles. The van der Waals surface area contributed by atoms with Crippen LogP contribution in [0.4, 0.5) is 5.95 Å². The molecule has 1 aromatic heterocycles. The van der Waals surface area contributed by atoms with Gasteiger partial charge >= 0.3 is 0 Å². The summed E-state index contributed by atoms with van der Waals surface area (Å²) in [5, 5.41) is 7.35. The molecule has 0 aliphatic carbocycles. The molecule has 0 bridgehead atoms. The molecule has 4 nitrogen and oxygen atoms in total. The van der Waals surface area contributed by atoms with Crippen LogP contribution in [0.2, 0.25) is 0 Å². The van der Waals surface area contributed by atoms with E-state index in [9.17, 15) is 0 Å². The number of nitrogen functional groups attached to an aromatic ring is 1. The molecule has 0 saturated carbocycles. The summed E-state index contributed by atoms with van der Waals surface area (Å²) >= 11 is 1.48. The van der Waals surface area contributed by atoms with Crippen LogP contribution in [0.1, 0.15) is 0 Å². The van der Waals surface area contributed by atoms with E-state index in [2.05, 4.69) is 28.3 Å². The number of benzene rings is 2. The summed E-state index contributed by atoms with van der Waals surface area (Å²) in [4.78, 5) is 4.20. The van der Waals surface area contributed by atoms with Crippen molar-refractivity contribution in [1.82, 2.24) is 14.8 Å². The highest BCUT2D eigenvalue weighted by Gasteiger charge is 2.10. The van der Waals surface area contributed by atoms with Gasteiger partial charge in [-0.2, -0.15) is 9.67 Å². The van der Waals surface area contributed by atoms with Gasteiger partial charge in [0.2, 0.25) is 11.1 Å². The Morgan fingerprint density at radius 2 is 1.89 bits per heavy atom. The fraction of sp³-hybridized carbons (Fsp3) is 0.0769. The molecule has 2 aromatic carbocycles. The zero-order valence-electron chi connectivity index (χ0n) is 9.87. The van der Waals surface area contributed by atoms with Crippen molar-refractivity contribution in [2.24, 2.45) is 0 Å². The first kappa shape index (κ1) is 11.1. The van der Waals surface area contributed by atoms with E-state index >= 15 is 0 Å². The Bertz CT molecular complexity index is 700. The number of nitrogens with two attached hydrogens (primary N) is 1. The first-order valence-electron chi connectivity index (χ1n) is 5.54. The number of hydrogen-bond acceptors (Lipinski definition) is 4. The molecule has 0 atom stereocenters. The Morgan fingerprint density at radius 1 is 1.11 bits per heavy atom. The number of anilines is 1. The van der Waals surface area contributed by atoms with E-state index in [0.29, 0.717) is 11.1 Å². The highest BCUT2D eigenvalue weighted by atomic mass is 32.2. The first-order chi connectivity index (χ1) is 8.79. The van der Waals surface area contributed by atoms with Crippen molar-refractivity contribution < 1.29 is 0 Å². The van der Waals surface area contributed by atoms with E-state index in [1.54, 1.807) is 4.68 Å². The fourth-order valence-corrected chi connectivity index (χ4v) is 2.31. The average Bonchev–Trinajstić information content (AvgIpc) is 2.79. The molecule has 0 aliphatic rings. The molecule has 18 heavy (non-hydrogen) atoms. The van der Waals surface area contributed by atoms with Gasteiger partial charge in [-0.1, -0.05) is 48.2 Å². The molecule has 90 valence electrons. The summed E-state index contributed by atoms with van der Waals surface area (Å²) in [6.07, 6.45) is 1.93. The normalized spacial score (nSPS) is 10.9. The molecule has 3 aromatic rings. The summed E-state index contributed by atoms with van der Waals surface area (Å²) in [6, 6.07) is 14.2. The largest absolute Gasteiger partial charge is 0.368 e. The van der Waals surface area contributed by atoms with Crippen LogP contribution in [0.15, 0.2) is 47.6 Å². The van der Waals surface area contributed by atoms with Gasteiger partial charge in [-0.3, -0.25) is 0 Å². The van der Waals surface area contributed by atoms with Crippen molar-refractivity contribution >= 4 is 28.5 Å². The van der Waals surface area contributed by atoms with E-state index in [4.69, 9.17) is 5.73 Å². The minimum atomic E-state index is 0.413.